The molecule has 36 heavy (non-hydrogen) atoms. The molecule has 1 atom stereocenters. The number of aliphatic hydroxyl groups excluding tert-OH is 1. The van der Waals surface area contributed by atoms with E-state index in [-0.39, 0.29) is 18.8 Å². The summed E-state index contributed by atoms with van der Waals surface area (Å²) in [6, 6.07) is 12.7. The Kier molecular flexibility index (Phi) is 7.31. The van der Waals surface area contributed by atoms with Gasteiger partial charge in [0.1, 0.15) is 23.5 Å². The number of likely N-dealkylation sites (tertiary alicyclic amines) is 1. The van der Waals surface area contributed by atoms with E-state index in [4.69, 9.17) is 14.6 Å². The lowest BCUT2D eigenvalue weighted by Crippen LogP contribution is -2.36. The SMILES string of the molecule is CC(C)(C)OC(=O)N1CC[C@@H](Oc2ccc(-c3ccnc(Nc4ccc(CO)nc4)n3)cc2C#N)C1. The van der Waals surface area contributed by atoms with Crippen LogP contribution in [-0.4, -0.2) is 55.8 Å². The third kappa shape index (κ3) is 6.25. The molecule has 1 aromatic carbocycles. The highest BCUT2D eigenvalue weighted by atomic mass is 16.6. The highest BCUT2D eigenvalue weighted by Crippen LogP contribution is 2.28. The number of nitrogens with one attached hydrogen (secondary N) is 1. The summed E-state index contributed by atoms with van der Waals surface area (Å²) < 4.78 is 11.5. The molecule has 1 aliphatic heterocycles. The summed E-state index contributed by atoms with van der Waals surface area (Å²) in [6.07, 6.45) is 3.28. The molecule has 0 saturated carbocycles. The van der Waals surface area contributed by atoms with Gasteiger partial charge in [0.25, 0.3) is 0 Å². The maximum Gasteiger partial charge on any atom is 0.410 e. The lowest BCUT2D eigenvalue weighted by atomic mass is 10.1. The zero-order valence-electron chi connectivity index (χ0n) is 20.4. The average Bonchev–Trinajstić information content (AvgIpc) is 3.33. The van der Waals surface area contributed by atoms with Crippen molar-refractivity contribution in [1.29, 1.82) is 5.26 Å². The van der Waals surface area contributed by atoms with Gasteiger partial charge in [0.2, 0.25) is 5.95 Å². The Hall–Kier alpha value is -4.23. The van der Waals surface area contributed by atoms with Crippen molar-refractivity contribution in [2.45, 2.75) is 45.5 Å². The van der Waals surface area contributed by atoms with Gasteiger partial charge in [0.05, 0.1) is 42.0 Å². The fraction of sp³-hybridized carbons (Fsp3) is 0.346. The van der Waals surface area contributed by atoms with Crippen LogP contribution in [-0.2, 0) is 11.3 Å². The lowest BCUT2D eigenvalue weighted by molar-refractivity contribution is 0.0275. The van der Waals surface area contributed by atoms with Crippen LogP contribution in [0.1, 0.15) is 38.4 Å². The molecule has 0 bridgehead atoms. The van der Waals surface area contributed by atoms with Crippen LogP contribution >= 0.6 is 0 Å². The van der Waals surface area contributed by atoms with Crippen LogP contribution in [0, 0.1) is 11.3 Å². The second-order valence-electron chi connectivity index (χ2n) is 9.36. The van der Waals surface area contributed by atoms with E-state index in [1.807, 2.05) is 26.8 Å². The summed E-state index contributed by atoms with van der Waals surface area (Å²) in [5.41, 5.74) is 2.43. The van der Waals surface area contributed by atoms with E-state index >= 15 is 0 Å². The molecule has 3 heterocycles. The molecule has 3 aromatic rings. The third-order valence-electron chi connectivity index (χ3n) is 5.38. The van der Waals surface area contributed by atoms with Gasteiger partial charge in [-0.05, 0) is 57.2 Å². The van der Waals surface area contributed by atoms with E-state index in [0.717, 1.165) is 5.56 Å². The van der Waals surface area contributed by atoms with Crippen molar-refractivity contribution in [2.24, 2.45) is 0 Å². The maximum absolute atomic E-state index is 12.3. The van der Waals surface area contributed by atoms with Crippen molar-refractivity contribution in [3.63, 3.8) is 0 Å². The Morgan fingerprint density at radius 2 is 2.08 bits per heavy atom. The summed E-state index contributed by atoms with van der Waals surface area (Å²) in [5, 5.41) is 22.0. The number of nitrogens with zero attached hydrogens (tertiary/aromatic N) is 5. The van der Waals surface area contributed by atoms with Crippen LogP contribution in [0.25, 0.3) is 11.3 Å². The van der Waals surface area contributed by atoms with Crippen LogP contribution < -0.4 is 10.1 Å². The highest BCUT2D eigenvalue weighted by Gasteiger charge is 2.31. The molecule has 10 nitrogen and oxygen atoms in total. The van der Waals surface area contributed by atoms with Gasteiger partial charge in [-0.15, -0.1) is 0 Å². The van der Waals surface area contributed by atoms with E-state index in [0.29, 0.717) is 53.8 Å². The van der Waals surface area contributed by atoms with E-state index in [9.17, 15) is 10.1 Å². The molecule has 1 fully saturated rings. The molecule has 2 N–H and O–H groups in total. The van der Waals surface area contributed by atoms with Gasteiger partial charge in [0, 0.05) is 24.7 Å². The van der Waals surface area contributed by atoms with Crippen LogP contribution in [0.5, 0.6) is 5.75 Å². The highest BCUT2D eigenvalue weighted by molar-refractivity contribution is 5.68. The number of amides is 1. The summed E-state index contributed by atoms with van der Waals surface area (Å²) in [4.78, 5) is 26.9. The van der Waals surface area contributed by atoms with Gasteiger partial charge in [-0.2, -0.15) is 5.26 Å². The van der Waals surface area contributed by atoms with Crippen molar-refractivity contribution >= 4 is 17.7 Å². The summed E-state index contributed by atoms with van der Waals surface area (Å²) in [7, 11) is 0. The zero-order chi connectivity index (χ0) is 25.7. The monoisotopic (exact) mass is 488 g/mol. The quantitative estimate of drug-likeness (QED) is 0.527. The van der Waals surface area contributed by atoms with Gasteiger partial charge in [-0.1, -0.05) is 0 Å². The number of pyridine rings is 1. The Balaban J connectivity index is 1.44. The molecule has 1 aliphatic rings. The number of carbonyl (C=O) groups is 1. The molecule has 0 unspecified atom stereocenters. The summed E-state index contributed by atoms with van der Waals surface area (Å²) in [5.74, 6) is 0.831. The molecule has 0 aliphatic carbocycles. The van der Waals surface area contributed by atoms with Crippen molar-refractivity contribution in [1.82, 2.24) is 19.9 Å². The first-order chi connectivity index (χ1) is 17.2. The van der Waals surface area contributed by atoms with E-state index in [1.54, 1.807) is 47.6 Å². The zero-order valence-corrected chi connectivity index (χ0v) is 20.4. The van der Waals surface area contributed by atoms with Crippen molar-refractivity contribution in [3.8, 4) is 23.1 Å². The molecular weight excluding hydrogens is 460 g/mol. The molecule has 186 valence electrons. The first-order valence-electron chi connectivity index (χ1n) is 11.6. The number of ether oxygens (including phenoxy) is 2. The van der Waals surface area contributed by atoms with Gasteiger partial charge in [0.15, 0.2) is 0 Å². The van der Waals surface area contributed by atoms with Crippen LogP contribution in [0.2, 0.25) is 0 Å². The molecule has 1 saturated heterocycles. The number of nitriles is 1. The Morgan fingerprint density at radius 1 is 1.25 bits per heavy atom. The largest absolute Gasteiger partial charge is 0.487 e. The number of rotatable bonds is 6. The molecular formula is C26H28N6O4. The predicted molar refractivity (Wildman–Crippen MR) is 132 cm³/mol. The standard InChI is InChI=1S/C26H28N6O4/c1-26(2,3)36-25(34)32-11-9-21(15-32)35-23-7-4-17(12-18(23)13-27)22-8-10-28-24(31-22)30-19-5-6-20(16-33)29-14-19/h4-8,10,12,14,21,33H,9,11,15-16H2,1-3H3,(H,28,30,31)/t21-/m1/s1. The number of carbonyl (C=O) groups excluding carboxylic acids is 1. The first kappa shape index (κ1) is 24.9. The number of hydrogen-bond donors (Lipinski definition) is 2. The lowest BCUT2D eigenvalue weighted by Gasteiger charge is -2.24. The van der Waals surface area contributed by atoms with Crippen molar-refractivity contribution < 1.29 is 19.4 Å². The molecule has 4 rings (SSSR count). The normalized spacial score (nSPS) is 15.3. The van der Waals surface area contributed by atoms with Crippen molar-refractivity contribution in [3.05, 3.63) is 60.0 Å². The Labute approximate surface area is 209 Å². The van der Waals surface area contributed by atoms with E-state index < -0.39 is 5.60 Å². The van der Waals surface area contributed by atoms with Gasteiger partial charge >= 0.3 is 6.09 Å². The minimum atomic E-state index is -0.558. The minimum absolute atomic E-state index is 0.129. The van der Waals surface area contributed by atoms with Crippen LogP contribution in [0.4, 0.5) is 16.4 Å². The molecule has 10 heteroatoms. The third-order valence-corrected chi connectivity index (χ3v) is 5.38. The topological polar surface area (TPSA) is 133 Å². The first-order valence-corrected chi connectivity index (χ1v) is 11.6. The number of aromatic nitrogens is 3. The molecule has 0 spiro atoms. The maximum atomic E-state index is 12.3. The van der Waals surface area contributed by atoms with Gasteiger partial charge < -0.3 is 24.8 Å². The second-order valence-corrected chi connectivity index (χ2v) is 9.36. The second kappa shape index (κ2) is 10.6. The predicted octanol–water partition coefficient (Wildman–Crippen LogP) is 4.03. The van der Waals surface area contributed by atoms with Crippen molar-refractivity contribution in [2.75, 3.05) is 18.4 Å². The van der Waals surface area contributed by atoms with Gasteiger partial charge in [-0.25, -0.2) is 14.8 Å². The van der Waals surface area contributed by atoms with E-state index in [2.05, 4.69) is 26.3 Å². The Bertz CT molecular complexity index is 1270. The number of hydrogen-bond acceptors (Lipinski definition) is 9. The Morgan fingerprint density at radius 3 is 2.78 bits per heavy atom. The summed E-state index contributed by atoms with van der Waals surface area (Å²) in [6.45, 7) is 6.30. The molecule has 0 radical (unpaired) electrons. The van der Waals surface area contributed by atoms with Gasteiger partial charge in [-0.3, -0.25) is 4.98 Å². The number of aliphatic hydroxyl groups is 1. The van der Waals surface area contributed by atoms with Crippen LogP contribution in [0.15, 0.2) is 48.8 Å². The molecule has 1 amide bonds. The smallest absolute Gasteiger partial charge is 0.410 e. The van der Waals surface area contributed by atoms with Crippen LogP contribution in [0.3, 0.4) is 0 Å². The fourth-order valence-electron chi connectivity index (χ4n) is 3.68. The van der Waals surface area contributed by atoms with E-state index in [1.165, 1.54) is 0 Å². The molecule has 2 aromatic heterocycles. The number of benzene rings is 1. The number of anilines is 2. The average molecular weight is 489 g/mol. The fourth-order valence-corrected chi connectivity index (χ4v) is 3.68. The minimum Gasteiger partial charge on any atom is -0.487 e. The summed E-state index contributed by atoms with van der Waals surface area (Å²) >= 11 is 0.